The van der Waals surface area contributed by atoms with Crippen LogP contribution in [0, 0.1) is 0 Å². The Morgan fingerprint density at radius 1 is 1.29 bits per heavy atom. The molecule has 1 N–H and O–H groups in total. The number of hydrogen-bond donors (Lipinski definition) is 1. The van der Waals surface area contributed by atoms with Crippen molar-refractivity contribution in [1.82, 2.24) is 5.32 Å². The fraction of sp³-hybridized carbons (Fsp3) is 0.188. The van der Waals surface area contributed by atoms with Crippen molar-refractivity contribution in [2.45, 2.75) is 6.42 Å². The Labute approximate surface area is 137 Å². The molecule has 0 aliphatic heterocycles. The molecule has 0 heterocycles. The van der Waals surface area contributed by atoms with Gasteiger partial charge in [-0.05, 0) is 42.3 Å². The van der Waals surface area contributed by atoms with Crippen molar-refractivity contribution in [1.29, 1.82) is 0 Å². The highest BCUT2D eigenvalue weighted by molar-refractivity contribution is 9.10. The van der Waals surface area contributed by atoms with Gasteiger partial charge in [-0.15, -0.1) is 0 Å². The van der Waals surface area contributed by atoms with E-state index in [2.05, 4.69) is 21.2 Å². The number of ether oxygens (including phenoxy) is 1. The number of benzene rings is 2. The van der Waals surface area contributed by atoms with Crippen molar-refractivity contribution in [3.05, 3.63) is 63.1 Å². The Hall–Kier alpha value is -1.52. The third-order valence-electron chi connectivity index (χ3n) is 3.00. The number of carbonyl (C=O) groups excluding carboxylic acids is 1. The van der Waals surface area contributed by atoms with Gasteiger partial charge in [-0.3, -0.25) is 4.79 Å². The summed E-state index contributed by atoms with van der Waals surface area (Å²) in [6.07, 6.45) is 0.727. The minimum atomic E-state index is -0.152. The van der Waals surface area contributed by atoms with E-state index in [4.69, 9.17) is 16.3 Å². The topological polar surface area (TPSA) is 38.3 Å². The second kappa shape index (κ2) is 7.48. The highest BCUT2D eigenvalue weighted by Crippen LogP contribution is 2.23. The quantitative estimate of drug-likeness (QED) is 0.863. The highest BCUT2D eigenvalue weighted by Gasteiger charge is 2.11. The molecule has 0 fully saturated rings. The molecule has 0 aliphatic carbocycles. The molecule has 0 bridgehead atoms. The van der Waals surface area contributed by atoms with Crippen LogP contribution in [0.5, 0.6) is 5.75 Å². The second-order valence-electron chi connectivity index (χ2n) is 4.48. The first-order valence-corrected chi connectivity index (χ1v) is 7.63. The number of halogens is 2. The fourth-order valence-electron chi connectivity index (χ4n) is 1.96. The minimum Gasteiger partial charge on any atom is -0.496 e. The second-order valence-corrected chi connectivity index (χ2v) is 5.83. The predicted molar refractivity (Wildman–Crippen MR) is 88.2 cm³/mol. The lowest BCUT2D eigenvalue weighted by Crippen LogP contribution is -2.26. The van der Waals surface area contributed by atoms with Gasteiger partial charge in [-0.25, -0.2) is 0 Å². The van der Waals surface area contributed by atoms with E-state index in [-0.39, 0.29) is 5.91 Å². The molecule has 5 heteroatoms. The summed E-state index contributed by atoms with van der Waals surface area (Å²) in [6.45, 7) is 0.540. The van der Waals surface area contributed by atoms with Gasteiger partial charge in [0.25, 0.3) is 5.91 Å². The van der Waals surface area contributed by atoms with E-state index in [1.54, 1.807) is 19.2 Å². The van der Waals surface area contributed by atoms with Crippen molar-refractivity contribution in [3.63, 3.8) is 0 Å². The summed E-state index contributed by atoms with van der Waals surface area (Å²) in [6, 6.07) is 12.9. The molecule has 2 aromatic carbocycles. The van der Waals surface area contributed by atoms with Crippen molar-refractivity contribution >= 4 is 33.4 Å². The average molecular weight is 369 g/mol. The monoisotopic (exact) mass is 367 g/mol. The normalized spacial score (nSPS) is 10.2. The number of rotatable bonds is 5. The SMILES string of the molecule is COc1cc(Br)ccc1C(=O)NCCc1cccc(Cl)c1. The Morgan fingerprint density at radius 2 is 2.10 bits per heavy atom. The first-order valence-electron chi connectivity index (χ1n) is 6.46. The van der Waals surface area contributed by atoms with Crippen LogP contribution in [0.15, 0.2) is 46.9 Å². The van der Waals surface area contributed by atoms with E-state index in [0.717, 1.165) is 16.5 Å². The maximum Gasteiger partial charge on any atom is 0.255 e. The molecule has 0 aliphatic rings. The molecule has 0 unspecified atom stereocenters. The van der Waals surface area contributed by atoms with E-state index in [1.165, 1.54) is 0 Å². The lowest BCUT2D eigenvalue weighted by Gasteiger charge is -2.10. The van der Waals surface area contributed by atoms with Gasteiger partial charge in [0, 0.05) is 16.0 Å². The molecule has 110 valence electrons. The first-order chi connectivity index (χ1) is 10.1. The number of amides is 1. The zero-order valence-corrected chi connectivity index (χ0v) is 13.9. The fourth-order valence-corrected chi connectivity index (χ4v) is 2.51. The molecule has 21 heavy (non-hydrogen) atoms. The third-order valence-corrected chi connectivity index (χ3v) is 3.72. The van der Waals surface area contributed by atoms with Crippen LogP contribution in [-0.2, 0) is 6.42 Å². The summed E-state index contributed by atoms with van der Waals surface area (Å²) in [5.41, 5.74) is 1.61. The minimum absolute atomic E-state index is 0.152. The van der Waals surface area contributed by atoms with Crippen LogP contribution < -0.4 is 10.1 Å². The molecule has 0 saturated heterocycles. The van der Waals surface area contributed by atoms with Crippen molar-refractivity contribution < 1.29 is 9.53 Å². The zero-order valence-electron chi connectivity index (χ0n) is 11.5. The van der Waals surface area contributed by atoms with Crippen LogP contribution in [0.4, 0.5) is 0 Å². The molecule has 0 radical (unpaired) electrons. The van der Waals surface area contributed by atoms with E-state index < -0.39 is 0 Å². The van der Waals surface area contributed by atoms with Gasteiger partial charge in [0.05, 0.1) is 12.7 Å². The molecule has 3 nitrogen and oxygen atoms in total. The summed E-state index contributed by atoms with van der Waals surface area (Å²) >= 11 is 9.28. The van der Waals surface area contributed by atoms with E-state index in [9.17, 15) is 4.79 Å². The average Bonchev–Trinajstić information content (AvgIpc) is 2.47. The van der Waals surface area contributed by atoms with Crippen LogP contribution >= 0.6 is 27.5 Å². The largest absolute Gasteiger partial charge is 0.496 e. The molecular formula is C16H15BrClNO2. The molecule has 1 amide bonds. The molecule has 0 aromatic heterocycles. The Balaban J connectivity index is 1.96. The summed E-state index contributed by atoms with van der Waals surface area (Å²) in [5, 5.41) is 3.59. The Kier molecular flexibility index (Phi) is 5.65. The Morgan fingerprint density at radius 3 is 2.81 bits per heavy atom. The first kappa shape index (κ1) is 15.9. The van der Waals surface area contributed by atoms with Gasteiger partial charge in [0.1, 0.15) is 5.75 Å². The van der Waals surface area contributed by atoms with Gasteiger partial charge in [0.15, 0.2) is 0 Å². The molecule has 0 saturated carbocycles. The smallest absolute Gasteiger partial charge is 0.255 e. The molecule has 2 aromatic rings. The van der Waals surface area contributed by atoms with Crippen LogP contribution in [0.3, 0.4) is 0 Å². The van der Waals surface area contributed by atoms with Crippen LogP contribution in [0.25, 0.3) is 0 Å². The van der Waals surface area contributed by atoms with Crippen LogP contribution in [0.2, 0.25) is 5.02 Å². The number of hydrogen-bond acceptors (Lipinski definition) is 2. The van der Waals surface area contributed by atoms with Gasteiger partial charge >= 0.3 is 0 Å². The number of methoxy groups -OCH3 is 1. The van der Waals surface area contributed by atoms with E-state index in [1.807, 2.05) is 30.3 Å². The lowest BCUT2D eigenvalue weighted by atomic mass is 10.1. The summed E-state index contributed by atoms with van der Waals surface area (Å²) in [5.74, 6) is 0.394. The molecule has 2 rings (SSSR count). The van der Waals surface area contributed by atoms with Crippen LogP contribution in [-0.4, -0.2) is 19.6 Å². The number of nitrogens with one attached hydrogen (secondary N) is 1. The van der Waals surface area contributed by atoms with Crippen molar-refractivity contribution in [3.8, 4) is 5.75 Å². The zero-order chi connectivity index (χ0) is 15.2. The highest BCUT2D eigenvalue weighted by atomic mass is 79.9. The van der Waals surface area contributed by atoms with Crippen LogP contribution in [0.1, 0.15) is 15.9 Å². The van der Waals surface area contributed by atoms with Crippen molar-refractivity contribution in [2.75, 3.05) is 13.7 Å². The van der Waals surface area contributed by atoms with Gasteiger partial charge in [0.2, 0.25) is 0 Å². The summed E-state index contributed by atoms with van der Waals surface area (Å²) in [7, 11) is 1.55. The molecule has 0 spiro atoms. The standard InChI is InChI=1S/C16H15BrClNO2/c1-21-15-10-12(17)5-6-14(15)16(20)19-8-7-11-3-2-4-13(18)9-11/h2-6,9-10H,7-8H2,1H3,(H,19,20). The summed E-state index contributed by atoms with van der Waals surface area (Å²) < 4.78 is 6.09. The number of carbonyl (C=O) groups is 1. The lowest BCUT2D eigenvalue weighted by molar-refractivity contribution is 0.0951. The van der Waals surface area contributed by atoms with Crippen molar-refractivity contribution in [2.24, 2.45) is 0 Å². The molecule has 0 atom stereocenters. The van der Waals surface area contributed by atoms with Gasteiger partial charge in [-0.2, -0.15) is 0 Å². The Bertz CT molecular complexity index is 646. The maximum absolute atomic E-state index is 12.2. The molecular weight excluding hydrogens is 354 g/mol. The van der Waals surface area contributed by atoms with E-state index in [0.29, 0.717) is 22.9 Å². The third kappa shape index (κ3) is 4.48. The predicted octanol–water partition coefficient (Wildman–Crippen LogP) is 4.08. The van der Waals surface area contributed by atoms with Gasteiger partial charge < -0.3 is 10.1 Å². The maximum atomic E-state index is 12.2. The van der Waals surface area contributed by atoms with E-state index >= 15 is 0 Å². The van der Waals surface area contributed by atoms with Gasteiger partial charge in [-0.1, -0.05) is 39.7 Å². The summed E-state index contributed by atoms with van der Waals surface area (Å²) in [4.78, 5) is 12.2.